The molecule has 1 aromatic carbocycles. The molecule has 0 heterocycles. The molecule has 0 aliphatic carbocycles. The summed E-state index contributed by atoms with van der Waals surface area (Å²) >= 11 is 0. The number of hydrogen-bond donors (Lipinski definition) is 2. The van der Waals surface area contributed by atoms with E-state index in [0.29, 0.717) is 0 Å². The minimum atomic E-state index is -0.484. The molecule has 18 heavy (non-hydrogen) atoms. The van der Waals surface area contributed by atoms with Gasteiger partial charge in [0.15, 0.2) is 0 Å². The molecule has 0 saturated carbocycles. The lowest BCUT2D eigenvalue weighted by atomic mass is 10.1. The molecule has 2 N–H and O–H groups in total. The van der Waals surface area contributed by atoms with Crippen LogP contribution in [0.2, 0.25) is 0 Å². The van der Waals surface area contributed by atoms with E-state index in [4.69, 9.17) is 9.47 Å². The summed E-state index contributed by atoms with van der Waals surface area (Å²) in [5, 5.41) is 4.72. The summed E-state index contributed by atoms with van der Waals surface area (Å²) in [5.74, 6) is 0. The van der Waals surface area contributed by atoms with E-state index in [-0.39, 0.29) is 13.2 Å². The third kappa shape index (κ3) is 4.73. The smallest absolute Gasteiger partial charge is 0.407 e. The molecule has 1 rings (SSSR count). The van der Waals surface area contributed by atoms with Crippen molar-refractivity contribution in [1.82, 2.24) is 10.6 Å². The van der Waals surface area contributed by atoms with Gasteiger partial charge < -0.3 is 20.1 Å². The van der Waals surface area contributed by atoms with Crippen LogP contribution in [0, 0.1) is 0 Å². The zero-order chi connectivity index (χ0) is 13.4. The topological polar surface area (TPSA) is 76.7 Å². The van der Waals surface area contributed by atoms with E-state index >= 15 is 0 Å². The van der Waals surface area contributed by atoms with Gasteiger partial charge in [-0.1, -0.05) is 18.2 Å². The van der Waals surface area contributed by atoms with Crippen LogP contribution in [0.25, 0.3) is 0 Å². The maximum atomic E-state index is 10.9. The summed E-state index contributed by atoms with van der Waals surface area (Å²) < 4.78 is 9.82. The largest absolute Gasteiger partial charge is 0.445 e. The number of benzene rings is 1. The lowest BCUT2D eigenvalue weighted by Gasteiger charge is -2.07. The van der Waals surface area contributed by atoms with E-state index in [9.17, 15) is 9.59 Å². The second-order valence-electron chi connectivity index (χ2n) is 3.47. The maximum Gasteiger partial charge on any atom is 0.407 e. The van der Waals surface area contributed by atoms with Gasteiger partial charge in [0.2, 0.25) is 0 Å². The van der Waals surface area contributed by atoms with Gasteiger partial charge in [-0.2, -0.15) is 0 Å². The fraction of sp³-hybridized carbons (Fsp3) is 0.333. The average Bonchev–Trinajstić information content (AvgIpc) is 2.42. The predicted octanol–water partition coefficient (Wildman–Crippen LogP) is 1.40. The van der Waals surface area contributed by atoms with Crippen LogP contribution < -0.4 is 10.6 Å². The van der Waals surface area contributed by atoms with Crippen LogP contribution in [0.5, 0.6) is 0 Å². The van der Waals surface area contributed by atoms with Crippen molar-refractivity contribution in [2.24, 2.45) is 0 Å². The molecule has 98 valence electrons. The van der Waals surface area contributed by atoms with Crippen LogP contribution in [0.4, 0.5) is 9.59 Å². The van der Waals surface area contributed by atoms with Crippen molar-refractivity contribution < 1.29 is 19.1 Å². The molecule has 0 aliphatic rings. The van der Waals surface area contributed by atoms with Crippen LogP contribution in [-0.4, -0.2) is 26.3 Å². The van der Waals surface area contributed by atoms with Crippen LogP contribution in [-0.2, 0) is 22.7 Å². The first-order chi connectivity index (χ1) is 8.65. The first-order valence-corrected chi connectivity index (χ1v) is 5.42. The minimum absolute atomic E-state index is 0.174. The molecule has 6 nitrogen and oxygen atoms in total. The van der Waals surface area contributed by atoms with Crippen molar-refractivity contribution in [1.29, 1.82) is 0 Å². The predicted molar refractivity (Wildman–Crippen MR) is 64.9 cm³/mol. The number of rotatable bonds is 4. The van der Waals surface area contributed by atoms with Crippen molar-refractivity contribution >= 4 is 12.2 Å². The number of nitrogens with one attached hydrogen (secondary N) is 2. The van der Waals surface area contributed by atoms with E-state index < -0.39 is 12.2 Å². The molecular weight excluding hydrogens is 236 g/mol. The molecule has 0 fully saturated rings. The Balaban J connectivity index is 2.51. The first kappa shape index (κ1) is 13.8. The summed E-state index contributed by atoms with van der Waals surface area (Å²) in [5.41, 5.74) is 1.66. The number of amides is 2. The van der Waals surface area contributed by atoms with Crippen molar-refractivity contribution in [3.63, 3.8) is 0 Å². The highest BCUT2D eigenvalue weighted by atomic mass is 16.6. The van der Waals surface area contributed by atoms with Crippen LogP contribution in [0.3, 0.4) is 0 Å². The molecule has 0 saturated heterocycles. The number of alkyl carbamates (subject to hydrolysis) is 2. The molecule has 0 atom stereocenters. The van der Waals surface area contributed by atoms with Crippen molar-refractivity contribution in [2.75, 3.05) is 14.1 Å². The minimum Gasteiger partial charge on any atom is -0.445 e. The first-order valence-electron chi connectivity index (χ1n) is 5.42. The van der Waals surface area contributed by atoms with Crippen molar-refractivity contribution in [2.45, 2.75) is 13.2 Å². The number of carbonyl (C=O) groups is 2. The quantitative estimate of drug-likeness (QED) is 0.849. The molecule has 0 bridgehead atoms. The van der Waals surface area contributed by atoms with Gasteiger partial charge in [-0.25, -0.2) is 9.59 Å². The van der Waals surface area contributed by atoms with Gasteiger partial charge in [0, 0.05) is 14.1 Å². The Bertz CT molecular complexity index is 385. The zero-order valence-corrected chi connectivity index (χ0v) is 10.4. The van der Waals surface area contributed by atoms with Gasteiger partial charge in [0.25, 0.3) is 0 Å². The molecule has 0 unspecified atom stereocenters. The summed E-state index contributed by atoms with van der Waals surface area (Å²) in [4.78, 5) is 21.8. The van der Waals surface area contributed by atoms with Gasteiger partial charge in [0.1, 0.15) is 13.2 Å². The lowest BCUT2D eigenvalue weighted by Crippen LogP contribution is -2.19. The second-order valence-corrected chi connectivity index (χ2v) is 3.47. The molecule has 6 heteroatoms. The Morgan fingerprint density at radius 2 is 1.44 bits per heavy atom. The van der Waals surface area contributed by atoms with Crippen LogP contribution >= 0.6 is 0 Å². The van der Waals surface area contributed by atoms with E-state index in [1.54, 1.807) is 0 Å². The summed E-state index contributed by atoms with van der Waals surface area (Å²) in [6, 6.07) is 7.27. The normalized spacial score (nSPS) is 9.44. The highest BCUT2D eigenvalue weighted by Gasteiger charge is 2.02. The Hall–Kier alpha value is -2.24. The fourth-order valence-corrected chi connectivity index (χ4v) is 1.25. The second kappa shape index (κ2) is 7.16. The molecule has 0 aromatic heterocycles. The summed E-state index contributed by atoms with van der Waals surface area (Å²) in [7, 11) is 2.99. The SMILES string of the molecule is CNC(=O)OCc1cccc(COC(=O)NC)c1. The maximum absolute atomic E-state index is 10.9. The van der Waals surface area contributed by atoms with Crippen molar-refractivity contribution in [3.05, 3.63) is 35.4 Å². The van der Waals surface area contributed by atoms with E-state index in [1.165, 1.54) is 14.1 Å². The Morgan fingerprint density at radius 1 is 1.00 bits per heavy atom. The van der Waals surface area contributed by atoms with Crippen molar-refractivity contribution in [3.8, 4) is 0 Å². The van der Waals surface area contributed by atoms with E-state index in [0.717, 1.165) is 11.1 Å². The molecule has 0 spiro atoms. The van der Waals surface area contributed by atoms with Gasteiger partial charge in [-0.3, -0.25) is 0 Å². The molecule has 0 radical (unpaired) electrons. The highest BCUT2D eigenvalue weighted by Crippen LogP contribution is 2.08. The Labute approximate surface area is 105 Å². The molecular formula is C12H16N2O4. The van der Waals surface area contributed by atoms with Gasteiger partial charge in [0.05, 0.1) is 0 Å². The number of ether oxygens (including phenoxy) is 2. The van der Waals surface area contributed by atoms with Crippen LogP contribution in [0.15, 0.2) is 24.3 Å². The van der Waals surface area contributed by atoms with E-state index in [2.05, 4.69) is 10.6 Å². The van der Waals surface area contributed by atoms with E-state index in [1.807, 2.05) is 24.3 Å². The summed E-state index contributed by atoms with van der Waals surface area (Å²) in [6.07, 6.45) is -0.968. The summed E-state index contributed by atoms with van der Waals surface area (Å²) in [6.45, 7) is 0.348. The number of carbonyl (C=O) groups excluding carboxylic acids is 2. The standard InChI is InChI=1S/C12H16N2O4/c1-13-11(15)17-7-9-4-3-5-10(6-9)8-18-12(16)14-2/h3-6H,7-8H2,1-2H3,(H,13,15)(H,14,16). The van der Waals surface area contributed by atoms with Gasteiger partial charge >= 0.3 is 12.2 Å². The average molecular weight is 252 g/mol. The zero-order valence-electron chi connectivity index (χ0n) is 10.4. The lowest BCUT2D eigenvalue weighted by molar-refractivity contribution is 0.140. The Morgan fingerprint density at radius 3 is 1.83 bits per heavy atom. The van der Waals surface area contributed by atoms with Gasteiger partial charge in [-0.05, 0) is 17.2 Å². The third-order valence-corrected chi connectivity index (χ3v) is 2.14. The highest BCUT2D eigenvalue weighted by molar-refractivity contribution is 5.67. The number of hydrogen-bond acceptors (Lipinski definition) is 4. The fourth-order valence-electron chi connectivity index (χ4n) is 1.25. The Kier molecular flexibility index (Phi) is 5.50. The molecule has 1 aromatic rings. The third-order valence-electron chi connectivity index (χ3n) is 2.14. The van der Waals surface area contributed by atoms with Crippen LogP contribution in [0.1, 0.15) is 11.1 Å². The van der Waals surface area contributed by atoms with Gasteiger partial charge in [-0.15, -0.1) is 0 Å². The molecule has 0 aliphatic heterocycles. The molecule has 2 amide bonds. The monoisotopic (exact) mass is 252 g/mol.